The van der Waals surface area contributed by atoms with E-state index in [1.165, 1.54) is 4.90 Å². The first-order valence-corrected chi connectivity index (χ1v) is 9.73. The fraction of sp³-hybridized carbons (Fsp3) is 0.250. The van der Waals surface area contributed by atoms with Gasteiger partial charge < -0.3 is 14.7 Å². The lowest BCUT2D eigenvalue weighted by Crippen LogP contribution is -2.48. The second-order valence-electron chi connectivity index (χ2n) is 6.69. The fourth-order valence-corrected chi connectivity index (χ4v) is 3.61. The largest absolute Gasteiger partial charge is 0.335 e. The van der Waals surface area contributed by atoms with Crippen LogP contribution >= 0.6 is 15.9 Å². The zero-order chi connectivity index (χ0) is 19.6. The van der Waals surface area contributed by atoms with Crippen LogP contribution in [-0.4, -0.2) is 34.2 Å². The molecule has 2 aromatic carbocycles. The molecule has 1 unspecified atom stereocenters. The van der Waals surface area contributed by atoms with Crippen molar-refractivity contribution in [2.75, 3.05) is 18.4 Å². The van der Waals surface area contributed by atoms with Gasteiger partial charge in [-0.15, -0.1) is 0 Å². The second kappa shape index (κ2) is 7.71. The highest BCUT2D eigenvalue weighted by atomic mass is 79.9. The summed E-state index contributed by atoms with van der Waals surface area (Å²) in [6.45, 7) is 0.321. The Kier molecular flexibility index (Phi) is 5.13. The number of nitrogens with one attached hydrogen (secondary N) is 1. The number of nitrogens with zero attached hydrogens (tertiary/aromatic N) is 3. The summed E-state index contributed by atoms with van der Waals surface area (Å²) >= 11 is 3.39. The smallest absolute Gasteiger partial charge is 0.321 e. The van der Waals surface area contributed by atoms with E-state index in [0.717, 1.165) is 10.0 Å². The van der Waals surface area contributed by atoms with Crippen molar-refractivity contribution in [2.24, 2.45) is 0 Å². The van der Waals surface area contributed by atoms with Crippen molar-refractivity contribution >= 4 is 27.6 Å². The molecule has 1 aliphatic heterocycles. The minimum Gasteiger partial charge on any atom is -0.335 e. The van der Waals surface area contributed by atoms with Gasteiger partial charge >= 0.3 is 6.03 Å². The number of urea groups is 1. The highest BCUT2D eigenvalue weighted by molar-refractivity contribution is 9.10. The predicted molar refractivity (Wildman–Crippen MR) is 106 cm³/mol. The third-order valence-corrected chi connectivity index (χ3v) is 5.38. The topological polar surface area (TPSA) is 71.3 Å². The number of hydrogen-bond donors (Lipinski definition) is 1. The van der Waals surface area contributed by atoms with Crippen molar-refractivity contribution in [3.63, 3.8) is 0 Å². The van der Waals surface area contributed by atoms with Crippen molar-refractivity contribution in [1.29, 1.82) is 0 Å². The van der Waals surface area contributed by atoms with E-state index in [1.54, 1.807) is 6.07 Å². The van der Waals surface area contributed by atoms with Crippen molar-refractivity contribution in [3.8, 4) is 11.4 Å². The molecular formula is C20H18BrFN4O2. The second-order valence-corrected chi connectivity index (χ2v) is 7.54. The predicted octanol–water partition coefficient (Wildman–Crippen LogP) is 4.99. The molecule has 1 aromatic heterocycles. The first-order chi connectivity index (χ1) is 13.5. The van der Waals surface area contributed by atoms with Crippen LogP contribution in [0.3, 0.4) is 0 Å². The lowest BCUT2D eigenvalue weighted by atomic mass is 9.94. The van der Waals surface area contributed by atoms with Crippen LogP contribution in [0.4, 0.5) is 14.9 Å². The molecule has 0 spiro atoms. The fourth-order valence-electron chi connectivity index (χ4n) is 3.23. The van der Waals surface area contributed by atoms with E-state index in [9.17, 15) is 4.79 Å². The third kappa shape index (κ3) is 3.77. The van der Waals surface area contributed by atoms with E-state index in [-0.39, 0.29) is 24.9 Å². The number of anilines is 1. The van der Waals surface area contributed by atoms with Gasteiger partial charge in [0.05, 0.1) is 12.2 Å². The number of alkyl halides is 1. The third-order valence-electron chi connectivity index (χ3n) is 4.69. The molecule has 4 rings (SSSR count). The van der Waals surface area contributed by atoms with Gasteiger partial charge in [-0.25, -0.2) is 9.18 Å². The Bertz CT molecular complexity index is 981. The molecule has 6 nitrogen and oxygen atoms in total. The summed E-state index contributed by atoms with van der Waals surface area (Å²) in [6.07, 6.45) is 0.727. The number of aromatic nitrogens is 2. The SMILES string of the molecule is O=C(Nc1ccccc1Br)N1CCCC(F)(c2nc(-c3ccccc3)no2)C1. The summed E-state index contributed by atoms with van der Waals surface area (Å²) in [5.74, 6) is 0.243. The van der Waals surface area contributed by atoms with E-state index < -0.39 is 5.67 Å². The van der Waals surface area contributed by atoms with Crippen molar-refractivity contribution < 1.29 is 13.7 Å². The Morgan fingerprint density at radius 1 is 1.18 bits per heavy atom. The van der Waals surface area contributed by atoms with Gasteiger partial charge in [-0.2, -0.15) is 4.98 Å². The van der Waals surface area contributed by atoms with Gasteiger partial charge in [0.1, 0.15) is 0 Å². The molecule has 0 aliphatic carbocycles. The standard InChI is InChI=1S/C20H18BrFN4O2/c21-15-9-4-5-10-16(15)23-19(27)26-12-6-11-20(22,13-26)18-24-17(25-28-18)14-7-2-1-3-8-14/h1-5,7-10H,6,11-13H2,(H,23,27). The molecule has 0 bridgehead atoms. The van der Waals surface area contributed by atoms with Gasteiger partial charge in [0.2, 0.25) is 11.5 Å². The maximum atomic E-state index is 15.6. The maximum absolute atomic E-state index is 15.6. The maximum Gasteiger partial charge on any atom is 0.321 e. The van der Waals surface area contributed by atoms with Crippen LogP contribution in [-0.2, 0) is 5.67 Å². The summed E-state index contributed by atoms with van der Waals surface area (Å²) in [6, 6.07) is 16.2. The average Bonchev–Trinajstić information content (AvgIpc) is 3.22. The average molecular weight is 445 g/mol. The monoisotopic (exact) mass is 444 g/mol. The summed E-state index contributed by atoms with van der Waals surface area (Å²) < 4.78 is 21.6. The van der Waals surface area contributed by atoms with Crippen LogP contribution in [0, 0.1) is 0 Å². The molecule has 0 radical (unpaired) electrons. The van der Waals surface area contributed by atoms with E-state index in [4.69, 9.17) is 4.52 Å². The Labute approximate surface area is 169 Å². The van der Waals surface area contributed by atoms with E-state index in [1.807, 2.05) is 48.5 Å². The normalized spacial score (nSPS) is 19.4. The minimum atomic E-state index is -1.87. The van der Waals surface area contributed by atoms with Crippen LogP contribution < -0.4 is 5.32 Å². The van der Waals surface area contributed by atoms with Crippen molar-refractivity contribution in [3.05, 3.63) is 65.0 Å². The molecule has 28 heavy (non-hydrogen) atoms. The van der Waals surface area contributed by atoms with Gasteiger partial charge in [-0.05, 0) is 40.9 Å². The lowest BCUT2D eigenvalue weighted by Gasteiger charge is -2.35. The first kappa shape index (κ1) is 18.6. The molecule has 144 valence electrons. The highest BCUT2D eigenvalue weighted by Gasteiger charge is 2.44. The van der Waals surface area contributed by atoms with Crippen LogP contribution in [0.15, 0.2) is 63.6 Å². The first-order valence-electron chi connectivity index (χ1n) is 8.94. The zero-order valence-corrected chi connectivity index (χ0v) is 16.5. The lowest BCUT2D eigenvalue weighted by molar-refractivity contribution is 0.0333. The van der Waals surface area contributed by atoms with Crippen LogP contribution in [0.2, 0.25) is 0 Å². The Hall–Kier alpha value is -2.74. The molecule has 1 fully saturated rings. The molecule has 2 amide bonds. The number of rotatable bonds is 3. The van der Waals surface area contributed by atoms with Gasteiger partial charge in [-0.3, -0.25) is 0 Å². The van der Waals surface area contributed by atoms with Gasteiger partial charge in [0.25, 0.3) is 5.89 Å². The molecule has 2 heterocycles. The zero-order valence-electron chi connectivity index (χ0n) is 14.9. The Morgan fingerprint density at radius 3 is 2.71 bits per heavy atom. The Morgan fingerprint density at radius 2 is 1.93 bits per heavy atom. The number of carbonyl (C=O) groups is 1. The van der Waals surface area contributed by atoms with Crippen molar-refractivity contribution in [2.45, 2.75) is 18.5 Å². The Balaban J connectivity index is 1.50. The number of likely N-dealkylation sites (tertiary alicyclic amines) is 1. The van der Waals surface area contributed by atoms with Crippen LogP contribution in [0.25, 0.3) is 11.4 Å². The molecule has 1 aliphatic rings. The van der Waals surface area contributed by atoms with E-state index >= 15 is 4.39 Å². The highest BCUT2D eigenvalue weighted by Crippen LogP contribution is 2.36. The van der Waals surface area contributed by atoms with Crippen molar-refractivity contribution in [1.82, 2.24) is 15.0 Å². The van der Waals surface area contributed by atoms with E-state index in [2.05, 4.69) is 31.4 Å². The summed E-state index contributed by atoms with van der Waals surface area (Å²) in [5.41, 5.74) is -0.490. The van der Waals surface area contributed by atoms with Gasteiger partial charge in [0.15, 0.2) is 0 Å². The van der Waals surface area contributed by atoms with Crippen LogP contribution in [0.5, 0.6) is 0 Å². The van der Waals surface area contributed by atoms with E-state index in [0.29, 0.717) is 24.5 Å². The molecule has 8 heteroatoms. The molecule has 1 saturated heterocycles. The number of piperidine rings is 1. The summed E-state index contributed by atoms with van der Waals surface area (Å²) in [4.78, 5) is 18.3. The number of carbonyl (C=O) groups excluding carboxylic acids is 1. The molecule has 3 aromatic rings. The minimum absolute atomic E-state index is 0.0928. The molecule has 1 N–H and O–H groups in total. The van der Waals surface area contributed by atoms with Crippen LogP contribution in [0.1, 0.15) is 18.7 Å². The number of hydrogen-bond acceptors (Lipinski definition) is 4. The number of benzene rings is 2. The quantitative estimate of drug-likeness (QED) is 0.617. The van der Waals surface area contributed by atoms with Gasteiger partial charge in [0, 0.05) is 16.6 Å². The molecule has 1 atom stereocenters. The summed E-state index contributed by atoms with van der Waals surface area (Å²) in [5, 5.41) is 6.71. The number of amides is 2. The number of halogens is 2. The molecule has 0 saturated carbocycles. The van der Waals surface area contributed by atoms with Gasteiger partial charge in [-0.1, -0.05) is 47.6 Å². The molecular weight excluding hydrogens is 427 g/mol. The summed E-state index contributed by atoms with van der Waals surface area (Å²) in [7, 11) is 0. The number of para-hydroxylation sites is 1.